The maximum atomic E-state index is 10.7. The zero-order valence-corrected chi connectivity index (χ0v) is 6.78. The first kappa shape index (κ1) is 7.93. The highest BCUT2D eigenvalue weighted by Crippen LogP contribution is 2.04. The van der Waals surface area contributed by atoms with Crippen LogP contribution in [-0.4, -0.2) is 21.5 Å². The van der Waals surface area contributed by atoms with E-state index in [1.807, 2.05) is 0 Å². The zero-order chi connectivity index (χ0) is 9.26. The second-order valence-corrected chi connectivity index (χ2v) is 2.55. The number of oxazole rings is 1. The van der Waals surface area contributed by atoms with Crippen LogP contribution in [0.3, 0.4) is 0 Å². The van der Waals surface area contributed by atoms with E-state index >= 15 is 0 Å². The van der Waals surface area contributed by atoms with Gasteiger partial charge >= 0.3 is 5.76 Å². The van der Waals surface area contributed by atoms with Gasteiger partial charge in [0.05, 0.1) is 6.20 Å². The molecule has 13 heavy (non-hydrogen) atoms. The summed E-state index contributed by atoms with van der Waals surface area (Å²) in [7, 11) is 0. The van der Waals surface area contributed by atoms with Crippen LogP contribution in [-0.2, 0) is 6.42 Å². The number of hydrogen-bond acceptors (Lipinski definition) is 5. The third-order valence-corrected chi connectivity index (χ3v) is 1.60. The summed E-state index contributed by atoms with van der Waals surface area (Å²) in [5.41, 5.74) is 6.12. The van der Waals surface area contributed by atoms with E-state index in [1.165, 1.54) is 6.20 Å². The Morgan fingerprint density at radius 3 is 3.23 bits per heavy atom. The standard InChI is InChI=1S/C7H8N4O2/c8-2-1-5-9-3-4-6(10-5)11-7(12)13-4/h3H,1-2,8H2,(H,9,10,11,12). The van der Waals surface area contributed by atoms with Crippen molar-refractivity contribution in [1.29, 1.82) is 0 Å². The third kappa shape index (κ3) is 1.43. The van der Waals surface area contributed by atoms with Crippen molar-refractivity contribution in [3.8, 4) is 0 Å². The van der Waals surface area contributed by atoms with Gasteiger partial charge in [-0.2, -0.15) is 0 Å². The Morgan fingerprint density at radius 2 is 2.46 bits per heavy atom. The molecule has 0 aliphatic rings. The quantitative estimate of drug-likeness (QED) is 0.643. The summed E-state index contributed by atoms with van der Waals surface area (Å²) in [6.45, 7) is 0.480. The molecular weight excluding hydrogens is 172 g/mol. The molecule has 2 rings (SSSR count). The molecule has 0 amide bonds. The van der Waals surface area contributed by atoms with Crippen molar-refractivity contribution in [2.75, 3.05) is 6.54 Å². The summed E-state index contributed by atoms with van der Waals surface area (Å²) in [6, 6.07) is 0. The Kier molecular flexibility index (Phi) is 1.82. The number of nitrogens with zero attached hydrogens (tertiary/aromatic N) is 2. The Balaban J connectivity index is 2.54. The van der Waals surface area contributed by atoms with Gasteiger partial charge in [-0.25, -0.2) is 14.8 Å². The van der Waals surface area contributed by atoms with Crippen LogP contribution in [0.2, 0.25) is 0 Å². The smallest absolute Gasteiger partial charge is 0.404 e. The van der Waals surface area contributed by atoms with Crippen LogP contribution in [0.4, 0.5) is 0 Å². The molecule has 0 aromatic carbocycles. The number of nitrogens with one attached hydrogen (secondary N) is 1. The first-order valence-electron chi connectivity index (χ1n) is 3.84. The molecular formula is C7H8N4O2. The van der Waals surface area contributed by atoms with E-state index in [2.05, 4.69) is 15.0 Å². The Morgan fingerprint density at radius 1 is 1.62 bits per heavy atom. The highest BCUT2D eigenvalue weighted by atomic mass is 16.4. The summed E-state index contributed by atoms with van der Waals surface area (Å²) in [6.07, 6.45) is 2.05. The zero-order valence-electron chi connectivity index (χ0n) is 6.78. The predicted octanol–water partition coefficient (Wildman–Crippen LogP) is -0.588. The van der Waals surface area contributed by atoms with E-state index in [-0.39, 0.29) is 0 Å². The van der Waals surface area contributed by atoms with Gasteiger partial charge in [-0.15, -0.1) is 0 Å². The second kappa shape index (κ2) is 2.98. The minimum absolute atomic E-state index is 0.366. The van der Waals surface area contributed by atoms with Crippen molar-refractivity contribution in [2.24, 2.45) is 5.73 Å². The average molecular weight is 180 g/mol. The van der Waals surface area contributed by atoms with E-state index in [9.17, 15) is 4.79 Å². The SMILES string of the molecule is NCCc1ncc2oc(=O)[nH]c2n1. The Bertz CT molecular complexity index is 473. The van der Waals surface area contributed by atoms with Crippen molar-refractivity contribution in [3.63, 3.8) is 0 Å². The maximum absolute atomic E-state index is 10.7. The molecule has 0 spiro atoms. The van der Waals surface area contributed by atoms with Gasteiger partial charge in [-0.05, 0) is 6.54 Å². The number of hydrogen-bond donors (Lipinski definition) is 2. The minimum Gasteiger partial charge on any atom is -0.404 e. The van der Waals surface area contributed by atoms with Crippen LogP contribution >= 0.6 is 0 Å². The summed E-state index contributed by atoms with van der Waals surface area (Å²) in [5.74, 6) is 0.0845. The van der Waals surface area contributed by atoms with Crippen LogP contribution in [0.5, 0.6) is 0 Å². The number of aromatic amines is 1. The second-order valence-electron chi connectivity index (χ2n) is 2.55. The van der Waals surface area contributed by atoms with Crippen molar-refractivity contribution in [2.45, 2.75) is 6.42 Å². The monoisotopic (exact) mass is 180 g/mol. The molecule has 0 unspecified atom stereocenters. The number of aromatic nitrogens is 3. The fraction of sp³-hybridized carbons (Fsp3) is 0.286. The third-order valence-electron chi connectivity index (χ3n) is 1.60. The summed E-state index contributed by atoms with van der Waals surface area (Å²) >= 11 is 0. The molecule has 0 aliphatic carbocycles. The fourth-order valence-corrected chi connectivity index (χ4v) is 1.04. The van der Waals surface area contributed by atoms with Gasteiger partial charge in [0.15, 0.2) is 11.2 Å². The van der Waals surface area contributed by atoms with Gasteiger partial charge in [-0.3, -0.25) is 4.98 Å². The summed E-state index contributed by atoms with van der Waals surface area (Å²) in [5, 5.41) is 0. The molecule has 0 saturated carbocycles. The van der Waals surface area contributed by atoms with Crippen molar-refractivity contribution in [3.05, 3.63) is 22.6 Å². The lowest BCUT2D eigenvalue weighted by Crippen LogP contribution is -2.06. The van der Waals surface area contributed by atoms with Gasteiger partial charge in [0.2, 0.25) is 0 Å². The maximum Gasteiger partial charge on any atom is 0.418 e. The van der Waals surface area contributed by atoms with Crippen LogP contribution < -0.4 is 11.5 Å². The molecule has 3 N–H and O–H groups in total. The molecule has 0 radical (unpaired) electrons. The Labute approximate surface area is 72.8 Å². The number of H-pyrrole nitrogens is 1. The van der Waals surface area contributed by atoms with Crippen LogP contribution in [0.25, 0.3) is 11.2 Å². The molecule has 2 heterocycles. The molecule has 68 valence electrons. The van der Waals surface area contributed by atoms with E-state index in [0.717, 1.165) is 0 Å². The van der Waals surface area contributed by atoms with E-state index < -0.39 is 5.76 Å². The van der Waals surface area contributed by atoms with E-state index in [0.29, 0.717) is 30.0 Å². The normalized spacial score (nSPS) is 10.8. The molecule has 0 fully saturated rings. The van der Waals surface area contributed by atoms with Gasteiger partial charge in [0.1, 0.15) is 5.82 Å². The lowest BCUT2D eigenvalue weighted by Gasteiger charge is -1.93. The van der Waals surface area contributed by atoms with Gasteiger partial charge < -0.3 is 10.2 Å². The predicted molar refractivity (Wildman–Crippen MR) is 45.2 cm³/mol. The molecule has 2 aromatic rings. The molecule has 0 atom stereocenters. The first-order chi connectivity index (χ1) is 6.29. The van der Waals surface area contributed by atoms with Crippen molar-refractivity contribution >= 4 is 11.2 Å². The highest BCUT2D eigenvalue weighted by molar-refractivity contribution is 5.65. The lowest BCUT2D eigenvalue weighted by atomic mass is 10.4. The van der Waals surface area contributed by atoms with Crippen LogP contribution in [0.15, 0.2) is 15.4 Å². The van der Waals surface area contributed by atoms with E-state index in [1.54, 1.807) is 0 Å². The van der Waals surface area contributed by atoms with E-state index in [4.69, 9.17) is 10.2 Å². The van der Waals surface area contributed by atoms with Crippen molar-refractivity contribution < 1.29 is 4.42 Å². The largest absolute Gasteiger partial charge is 0.418 e. The number of fused-ring (bicyclic) bond motifs is 1. The van der Waals surface area contributed by atoms with Gasteiger partial charge in [0, 0.05) is 6.42 Å². The van der Waals surface area contributed by atoms with Gasteiger partial charge in [-0.1, -0.05) is 0 Å². The topological polar surface area (TPSA) is 97.8 Å². The summed E-state index contributed by atoms with van der Waals surface area (Å²) < 4.78 is 4.73. The minimum atomic E-state index is -0.519. The first-order valence-corrected chi connectivity index (χ1v) is 3.84. The van der Waals surface area contributed by atoms with Crippen molar-refractivity contribution in [1.82, 2.24) is 15.0 Å². The molecule has 6 heteroatoms. The van der Waals surface area contributed by atoms with Crippen LogP contribution in [0, 0.1) is 0 Å². The molecule has 0 aliphatic heterocycles. The molecule has 2 aromatic heterocycles. The summed E-state index contributed by atoms with van der Waals surface area (Å²) in [4.78, 5) is 21.2. The van der Waals surface area contributed by atoms with Crippen LogP contribution in [0.1, 0.15) is 5.82 Å². The van der Waals surface area contributed by atoms with Gasteiger partial charge in [0.25, 0.3) is 0 Å². The average Bonchev–Trinajstić information content (AvgIpc) is 2.44. The molecule has 0 saturated heterocycles. The fourth-order valence-electron chi connectivity index (χ4n) is 1.04. The number of nitrogens with two attached hydrogens (primary N) is 1. The number of rotatable bonds is 2. The Hall–Kier alpha value is -1.69. The highest BCUT2D eigenvalue weighted by Gasteiger charge is 2.03. The molecule has 6 nitrogen and oxygen atoms in total. The lowest BCUT2D eigenvalue weighted by molar-refractivity contribution is 0.554. The molecule has 0 bridgehead atoms.